The number of nitrogens with zero attached hydrogens (tertiary/aromatic N) is 4. The quantitative estimate of drug-likeness (QED) is 0.419. The molecule has 0 radical (unpaired) electrons. The molecule has 2 aromatic carbocycles. The highest BCUT2D eigenvalue weighted by Crippen LogP contribution is 2.29. The predicted octanol–water partition coefficient (Wildman–Crippen LogP) is 4.14. The van der Waals surface area contributed by atoms with E-state index in [2.05, 4.69) is 81.0 Å². The summed E-state index contributed by atoms with van der Waals surface area (Å²) in [5.74, 6) is 0.0691. The molecule has 2 amide bonds. The number of carbonyl (C=O) groups is 2. The molecule has 4 rings (SSSR count). The third kappa shape index (κ3) is 7.65. The summed E-state index contributed by atoms with van der Waals surface area (Å²) < 4.78 is 5.39. The van der Waals surface area contributed by atoms with Gasteiger partial charge in [-0.2, -0.15) is 5.10 Å². The minimum Gasteiger partial charge on any atom is -0.444 e. The topological polar surface area (TPSA) is 77.5 Å². The van der Waals surface area contributed by atoms with Crippen LogP contribution in [0.3, 0.4) is 0 Å². The van der Waals surface area contributed by atoms with Crippen molar-refractivity contribution in [2.24, 2.45) is 11.0 Å². The highest BCUT2D eigenvalue weighted by atomic mass is 16.6. The first kappa shape index (κ1) is 27.8. The maximum absolute atomic E-state index is 12.5. The molecule has 2 aliphatic rings. The first-order valence-corrected chi connectivity index (χ1v) is 13.6. The summed E-state index contributed by atoms with van der Waals surface area (Å²) in [6, 6.07) is 21.6. The van der Waals surface area contributed by atoms with Gasteiger partial charge in [0.1, 0.15) is 5.60 Å². The van der Waals surface area contributed by atoms with Gasteiger partial charge in [-0.3, -0.25) is 9.69 Å². The van der Waals surface area contributed by atoms with Crippen molar-refractivity contribution in [2.45, 2.75) is 45.8 Å². The largest absolute Gasteiger partial charge is 0.444 e. The van der Waals surface area contributed by atoms with Crippen LogP contribution in [0.2, 0.25) is 0 Å². The molecule has 0 saturated carbocycles. The van der Waals surface area contributed by atoms with Crippen LogP contribution in [0.5, 0.6) is 0 Å². The molecule has 2 aromatic rings. The highest BCUT2D eigenvalue weighted by Gasteiger charge is 2.35. The molecule has 0 unspecified atom stereocenters. The number of likely N-dealkylation sites (tertiary alicyclic amines) is 1. The van der Waals surface area contributed by atoms with Crippen LogP contribution in [0.1, 0.15) is 51.3 Å². The molecular formula is C30H41N5O3. The lowest BCUT2D eigenvalue weighted by Crippen LogP contribution is -2.54. The van der Waals surface area contributed by atoms with Gasteiger partial charge in [-0.1, -0.05) is 60.7 Å². The van der Waals surface area contributed by atoms with Crippen molar-refractivity contribution >= 4 is 17.7 Å². The molecule has 1 N–H and O–H groups in total. The number of piperazine rings is 1. The second kappa shape index (κ2) is 12.5. The lowest BCUT2D eigenvalue weighted by molar-refractivity contribution is -0.121. The van der Waals surface area contributed by atoms with E-state index >= 15 is 0 Å². The molecule has 2 heterocycles. The Labute approximate surface area is 226 Å². The third-order valence-electron chi connectivity index (χ3n) is 7.14. The maximum Gasteiger partial charge on any atom is 0.410 e. The van der Waals surface area contributed by atoms with E-state index in [-0.39, 0.29) is 24.0 Å². The average molecular weight is 520 g/mol. The van der Waals surface area contributed by atoms with Gasteiger partial charge in [0.05, 0.1) is 6.04 Å². The Hall–Kier alpha value is -3.23. The molecule has 0 atom stereocenters. The molecule has 0 spiro atoms. The number of hydrogen-bond acceptors (Lipinski definition) is 6. The summed E-state index contributed by atoms with van der Waals surface area (Å²) in [5.41, 5.74) is 5.64. The number of rotatable bonds is 8. The minimum absolute atomic E-state index is 0.0819. The van der Waals surface area contributed by atoms with E-state index in [0.717, 1.165) is 31.9 Å². The minimum atomic E-state index is -0.503. The summed E-state index contributed by atoms with van der Waals surface area (Å²) in [5, 5.41) is 4.29. The van der Waals surface area contributed by atoms with E-state index in [0.29, 0.717) is 26.1 Å². The normalized spacial score (nSPS) is 17.8. The van der Waals surface area contributed by atoms with E-state index in [9.17, 15) is 9.59 Å². The number of benzene rings is 2. The fourth-order valence-electron chi connectivity index (χ4n) is 4.91. The van der Waals surface area contributed by atoms with Crippen molar-refractivity contribution in [3.05, 3.63) is 71.8 Å². The van der Waals surface area contributed by atoms with Gasteiger partial charge in [0, 0.05) is 63.9 Å². The van der Waals surface area contributed by atoms with Crippen molar-refractivity contribution in [2.75, 3.05) is 45.8 Å². The molecule has 204 valence electrons. The van der Waals surface area contributed by atoms with Crippen LogP contribution in [-0.4, -0.2) is 83.8 Å². The van der Waals surface area contributed by atoms with Crippen LogP contribution < -0.4 is 5.43 Å². The third-order valence-corrected chi connectivity index (χ3v) is 7.14. The standard InChI is InChI=1S/C30H41N5O3/c1-23(26-21-35(22-26)29(37)38-30(2,3)4)31-32-27(36)15-16-33-17-19-34(20-18-33)28(24-11-7-5-8-12-24)25-13-9-6-10-14-25/h5-14,26,28H,15-22H2,1-4H3,(H,32,36)/b31-23+. The van der Waals surface area contributed by atoms with Gasteiger partial charge < -0.3 is 14.5 Å². The zero-order chi connectivity index (χ0) is 27.1. The molecule has 8 heteroatoms. The van der Waals surface area contributed by atoms with Gasteiger partial charge >= 0.3 is 6.09 Å². The van der Waals surface area contributed by atoms with Crippen LogP contribution in [0.15, 0.2) is 65.8 Å². The molecule has 38 heavy (non-hydrogen) atoms. The zero-order valence-electron chi connectivity index (χ0n) is 23.1. The number of hydrogen-bond donors (Lipinski definition) is 1. The van der Waals surface area contributed by atoms with Gasteiger partial charge in [-0.15, -0.1) is 0 Å². The second-order valence-electron chi connectivity index (χ2n) is 11.2. The van der Waals surface area contributed by atoms with Gasteiger partial charge in [-0.05, 0) is 38.8 Å². The Morgan fingerprint density at radius 1 is 0.947 bits per heavy atom. The molecule has 2 saturated heterocycles. The Bertz CT molecular complexity index is 1050. The molecular weight excluding hydrogens is 478 g/mol. The van der Waals surface area contributed by atoms with E-state index in [1.54, 1.807) is 4.90 Å². The maximum atomic E-state index is 12.5. The van der Waals surface area contributed by atoms with Gasteiger partial charge in [0.2, 0.25) is 5.91 Å². The molecule has 0 aromatic heterocycles. The Balaban J connectivity index is 1.19. The van der Waals surface area contributed by atoms with E-state index in [1.165, 1.54) is 11.1 Å². The second-order valence-corrected chi connectivity index (χ2v) is 11.2. The lowest BCUT2D eigenvalue weighted by atomic mass is 9.96. The molecule has 2 fully saturated rings. The number of hydrazone groups is 1. The zero-order valence-corrected chi connectivity index (χ0v) is 23.1. The summed E-state index contributed by atoms with van der Waals surface area (Å²) in [7, 11) is 0. The Morgan fingerprint density at radius 3 is 2.03 bits per heavy atom. The first-order chi connectivity index (χ1) is 18.2. The fourth-order valence-corrected chi connectivity index (χ4v) is 4.91. The SMILES string of the molecule is C/C(=N\NC(=O)CCN1CCN(C(c2ccccc2)c2ccccc2)CC1)C1CN(C(=O)OC(C)(C)C)C1. The van der Waals surface area contributed by atoms with Crippen molar-refractivity contribution in [1.29, 1.82) is 0 Å². The van der Waals surface area contributed by atoms with Gasteiger partial charge in [0.15, 0.2) is 0 Å². The smallest absolute Gasteiger partial charge is 0.410 e. The summed E-state index contributed by atoms with van der Waals surface area (Å²) in [6.45, 7) is 13.1. The Morgan fingerprint density at radius 2 is 1.50 bits per heavy atom. The fraction of sp³-hybridized carbons (Fsp3) is 0.500. The summed E-state index contributed by atoms with van der Waals surface area (Å²) in [4.78, 5) is 31.1. The number of nitrogens with one attached hydrogen (secondary N) is 1. The van der Waals surface area contributed by atoms with Crippen LogP contribution in [-0.2, 0) is 9.53 Å². The predicted molar refractivity (Wildman–Crippen MR) is 150 cm³/mol. The lowest BCUT2D eigenvalue weighted by Gasteiger charge is -2.40. The van der Waals surface area contributed by atoms with Crippen LogP contribution in [0, 0.1) is 5.92 Å². The summed E-state index contributed by atoms with van der Waals surface area (Å²) in [6.07, 6.45) is 0.108. The number of carbonyl (C=O) groups excluding carboxylic acids is 2. The van der Waals surface area contributed by atoms with Gasteiger partial charge in [0.25, 0.3) is 0 Å². The van der Waals surface area contributed by atoms with Crippen LogP contribution in [0.25, 0.3) is 0 Å². The Kier molecular flexibility index (Phi) is 9.17. The number of amides is 2. The van der Waals surface area contributed by atoms with Crippen LogP contribution >= 0.6 is 0 Å². The monoisotopic (exact) mass is 519 g/mol. The van der Waals surface area contributed by atoms with Crippen molar-refractivity contribution < 1.29 is 14.3 Å². The van der Waals surface area contributed by atoms with Gasteiger partial charge in [-0.25, -0.2) is 10.2 Å². The molecule has 0 aliphatic carbocycles. The van der Waals surface area contributed by atoms with Crippen LogP contribution in [0.4, 0.5) is 4.79 Å². The molecule has 0 bridgehead atoms. The van der Waals surface area contributed by atoms with Crippen molar-refractivity contribution in [3.63, 3.8) is 0 Å². The average Bonchev–Trinajstić information content (AvgIpc) is 2.86. The van der Waals surface area contributed by atoms with E-state index < -0.39 is 5.60 Å². The van der Waals surface area contributed by atoms with E-state index in [1.807, 2.05) is 27.7 Å². The summed E-state index contributed by atoms with van der Waals surface area (Å²) >= 11 is 0. The highest BCUT2D eigenvalue weighted by molar-refractivity contribution is 5.88. The van der Waals surface area contributed by atoms with Crippen molar-refractivity contribution in [1.82, 2.24) is 20.1 Å². The number of ether oxygens (including phenoxy) is 1. The van der Waals surface area contributed by atoms with Crippen molar-refractivity contribution in [3.8, 4) is 0 Å². The first-order valence-electron chi connectivity index (χ1n) is 13.6. The molecule has 2 aliphatic heterocycles. The molecule has 8 nitrogen and oxygen atoms in total. The van der Waals surface area contributed by atoms with E-state index in [4.69, 9.17) is 4.74 Å².